The first-order chi connectivity index (χ1) is 29.3. The first-order valence-corrected chi connectivity index (χ1v) is 22.1. The molecule has 2 saturated heterocycles. The fourth-order valence-corrected chi connectivity index (χ4v) is 7.91. The van der Waals surface area contributed by atoms with Crippen LogP contribution in [0.5, 0.6) is 11.5 Å². The number of likely N-dealkylation sites (tertiary alicyclic amines) is 2. The number of carbonyl (C=O) groups is 4. The van der Waals surface area contributed by atoms with Crippen molar-refractivity contribution in [1.82, 2.24) is 9.80 Å². The lowest BCUT2D eigenvalue weighted by Gasteiger charge is -2.33. The monoisotopic (exact) mass is 846 g/mol. The van der Waals surface area contributed by atoms with E-state index in [0.717, 1.165) is 61.0 Å². The van der Waals surface area contributed by atoms with Crippen LogP contribution in [0.15, 0.2) is 97.1 Å². The van der Waals surface area contributed by atoms with Crippen molar-refractivity contribution in [3.05, 3.63) is 130 Å². The van der Waals surface area contributed by atoms with Crippen LogP contribution in [0.2, 0.25) is 0 Å². The molecule has 62 heavy (non-hydrogen) atoms. The molecule has 6 rings (SSSR count). The van der Waals surface area contributed by atoms with E-state index in [-0.39, 0.29) is 23.7 Å². The second-order valence-corrected chi connectivity index (χ2v) is 18.5. The number of nitrogens with zero attached hydrogens (tertiary/aromatic N) is 2. The molecule has 4 aromatic carbocycles. The smallest absolute Gasteiger partial charge is 0.347 e. The number of carboxylic acid groups (broad SMARTS) is 2. The molecule has 0 saturated carbocycles. The van der Waals surface area contributed by atoms with Gasteiger partial charge in [-0.05, 0) is 123 Å². The van der Waals surface area contributed by atoms with E-state index in [0.29, 0.717) is 49.3 Å². The van der Waals surface area contributed by atoms with E-state index in [1.165, 1.54) is 38.8 Å². The number of rotatable bonds is 14. The van der Waals surface area contributed by atoms with Crippen molar-refractivity contribution in [2.24, 2.45) is 0 Å². The van der Waals surface area contributed by atoms with E-state index < -0.39 is 23.1 Å². The fourth-order valence-electron chi connectivity index (χ4n) is 7.91. The second kappa shape index (κ2) is 21.0. The van der Waals surface area contributed by atoms with E-state index in [1.54, 1.807) is 12.1 Å². The third-order valence-electron chi connectivity index (χ3n) is 12.0. The molecule has 2 aliphatic heterocycles. The molecular weight excluding hydrogens is 781 g/mol. The standard InChI is InChI=1S/2C26H33NO4/c2*1-18(2)20-12-10-19(11-13-20)15-24(28)27-14-6-8-22(17-27)21-7-5-9-23(16-21)31-26(3,4)25(29)30/h2*5,7,9-13,16,18,22H,6,8,14-15,17H2,1-4H3,(H,29,30)/t2*22-/m11/s1. The van der Waals surface area contributed by atoms with Crippen molar-refractivity contribution in [1.29, 1.82) is 0 Å². The molecule has 332 valence electrons. The molecule has 2 amide bonds. The van der Waals surface area contributed by atoms with Gasteiger partial charge in [-0.2, -0.15) is 0 Å². The summed E-state index contributed by atoms with van der Waals surface area (Å²) in [6, 6.07) is 31.9. The van der Waals surface area contributed by atoms with Gasteiger partial charge in [-0.25, -0.2) is 9.59 Å². The zero-order valence-electron chi connectivity index (χ0n) is 37.9. The Hall–Kier alpha value is -5.64. The molecule has 2 N–H and O–H groups in total. The maximum Gasteiger partial charge on any atom is 0.347 e. The summed E-state index contributed by atoms with van der Waals surface area (Å²) < 4.78 is 11.4. The van der Waals surface area contributed by atoms with Gasteiger partial charge in [-0.15, -0.1) is 0 Å². The summed E-state index contributed by atoms with van der Waals surface area (Å²) in [7, 11) is 0. The highest BCUT2D eigenvalue weighted by atomic mass is 16.5. The van der Waals surface area contributed by atoms with Crippen LogP contribution in [0, 0.1) is 0 Å². The Kier molecular flexibility index (Phi) is 16.0. The van der Waals surface area contributed by atoms with Crippen molar-refractivity contribution < 1.29 is 38.9 Å². The lowest BCUT2D eigenvalue weighted by atomic mass is 9.90. The minimum Gasteiger partial charge on any atom is -0.478 e. The molecule has 0 bridgehead atoms. The summed E-state index contributed by atoms with van der Waals surface area (Å²) in [4.78, 5) is 52.5. The van der Waals surface area contributed by atoms with E-state index in [2.05, 4.69) is 76.2 Å². The fraction of sp³-hybridized carbons (Fsp3) is 0.462. The average Bonchev–Trinajstić information content (AvgIpc) is 3.24. The van der Waals surface area contributed by atoms with Gasteiger partial charge in [-0.1, -0.05) is 100 Å². The largest absolute Gasteiger partial charge is 0.478 e. The summed E-state index contributed by atoms with van der Waals surface area (Å²) in [5.41, 5.74) is 4.22. The Morgan fingerprint density at radius 2 is 0.935 bits per heavy atom. The van der Waals surface area contributed by atoms with Gasteiger partial charge in [0.2, 0.25) is 11.8 Å². The van der Waals surface area contributed by atoms with E-state index in [9.17, 15) is 29.4 Å². The highest BCUT2D eigenvalue weighted by molar-refractivity contribution is 5.80. The normalized spacial score (nSPS) is 16.9. The highest BCUT2D eigenvalue weighted by Gasteiger charge is 2.32. The van der Waals surface area contributed by atoms with Gasteiger partial charge in [-0.3, -0.25) is 9.59 Å². The van der Waals surface area contributed by atoms with Crippen molar-refractivity contribution >= 4 is 23.8 Å². The maximum absolute atomic E-state index is 12.9. The molecule has 0 radical (unpaired) electrons. The highest BCUT2D eigenvalue weighted by Crippen LogP contribution is 2.32. The maximum atomic E-state index is 12.9. The first-order valence-electron chi connectivity index (χ1n) is 22.1. The predicted octanol–water partition coefficient (Wildman–Crippen LogP) is 10.0. The Morgan fingerprint density at radius 1 is 0.581 bits per heavy atom. The van der Waals surface area contributed by atoms with Gasteiger partial charge in [0.1, 0.15) is 11.5 Å². The quantitative estimate of drug-likeness (QED) is 0.128. The number of benzene rings is 4. The van der Waals surface area contributed by atoms with Crippen LogP contribution in [-0.4, -0.2) is 81.1 Å². The molecule has 0 aromatic heterocycles. The predicted molar refractivity (Wildman–Crippen MR) is 243 cm³/mol. The number of ether oxygens (including phenoxy) is 2. The molecule has 2 heterocycles. The molecule has 2 fully saturated rings. The summed E-state index contributed by atoms with van der Waals surface area (Å²) in [5.74, 6) is 0.777. The minimum atomic E-state index is -1.29. The number of aliphatic carboxylic acids is 2. The zero-order chi connectivity index (χ0) is 45.2. The lowest BCUT2D eigenvalue weighted by molar-refractivity contribution is -0.152. The molecule has 10 nitrogen and oxygen atoms in total. The third-order valence-corrected chi connectivity index (χ3v) is 12.0. The molecule has 0 unspecified atom stereocenters. The van der Waals surface area contributed by atoms with E-state index >= 15 is 0 Å². The summed E-state index contributed by atoms with van der Waals surface area (Å²) in [6.07, 6.45) is 4.74. The van der Waals surface area contributed by atoms with E-state index in [1.807, 2.05) is 46.2 Å². The van der Waals surface area contributed by atoms with Gasteiger partial charge < -0.3 is 29.5 Å². The van der Waals surface area contributed by atoms with Gasteiger partial charge in [0.25, 0.3) is 0 Å². The molecule has 2 aliphatic rings. The zero-order valence-corrected chi connectivity index (χ0v) is 37.9. The molecule has 0 aliphatic carbocycles. The number of piperidine rings is 2. The van der Waals surface area contributed by atoms with Gasteiger partial charge >= 0.3 is 11.9 Å². The van der Waals surface area contributed by atoms with Crippen LogP contribution in [-0.2, 0) is 32.0 Å². The van der Waals surface area contributed by atoms with Crippen molar-refractivity contribution in [2.75, 3.05) is 26.2 Å². The molecule has 2 atom stereocenters. The summed E-state index contributed by atoms with van der Waals surface area (Å²) >= 11 is 0. The Bertz CT molecular complexity index is 1990. The van der Waals surface area contributed by atoms with Crippen LogP contribution in [0.4, 0.5) is 0 Å². The van der Waals surface area contributed by atoms with Crippen molar-refractivity contribution in [3.63, 3.8) is 0 Å². The number of amides is 2. The second-order valence-electron chi connectivity index (χ2n) is 18.5. The lowest BCUT2D eigenvalue weighted by Crippen LogP contribution is -2.40. The molecular formula is C52H66N2O8. The summed E-state index contributed by atoms with van der Waals surface area (Å²) in [5, 5.41) is 18.6. The third kappa shape index (κ3) is 13.2. The number of carboxylic acids is 2. The SMILES string of the molecule is CC(C)c1ccc(CC(=O)N2CCC[C@@H](c3cccc(OC(C)(C)C(=O)O)c3)C2)cc1.CC(C)c1ccc(CC(=O)N2CCC[C@@H](c3cccc(OC(C)(C)C(=O)O)c3)C2)cc1. The summed E-state index contributed by atoms with van der Waals surface area (Å²) in [6.45, 7) is 17.7. The Balaban J connectivity index is 0.000000234. The van der Waals surface area contributed by atoms with Crippen LogP contribution < -0.4 is 9.47 Å². The average molecular weight is 847 g/mol. The molecule has 10 heteroatoms. The van der Waals surface area contributed by atoms with Crippen LogP contribution >= 0.6 is 0 Å². The minimum absolute atomic E-state index is 0.154. The van der Waals surface area contributed by atoms with Crippen molar-refractivity contribution in [3.8, 4) is 11.5 Å². The van der Waals surface area contributed by atoms with Gasteiger partial charge in [0, 0.05) is 38.0 Å². The van der Waals surface area contributed by atoms with Gasteiger partial charge in [0.15, 0.2) is 11.2 Å². The Labute approximate surface area is 368 Å². The van der Waals surface area contributed by atoms with Crippen LogP contribution in [0.25, 0.3) is 0 Å². The number of hydrogen-bond acceptors (Lipinski definition) is 6. The Morgan fingerprint density at radius 3 is 1.26 bits per heavy atom. The molecule has 4 aromatic rings. The number of hydrogen-bond donors (Lipinski definition) is 2. The number of carbonyl (C=O) groups excluding carboxylic acids is 2. The van der Waals surface area contributed by atoms with Crippen molar-refractivity contribution in [2.45, 2.75) is 129 Å². The van der Waals surface area contributed by atoms with E-state index in [4.69, 9.17) is 9.47 Å². The van der Waals surface area contributed by atoms with Crippen LogP contribution in [0.1, 0.15) is 138 Å². The van der Waals surface area contributed by atoms with Crippen LogP contribution in [0.3, 0.4) is 0 Å². The van der Waals surface area contributed by atoms with Gasteiger partial charge in [0.05, 0.1) is 12.8 Å². The molecule has 0 spiro atoms. The topological polar surface area (TPSA) is 134 Å². The first kappa shape index (κ1) is 47.4.